The number of esters is 1. The van der Waals surface area contributed by atoms with E-state index in [0.29, 0.717) is 5.56 Å². The molecule has 0 bridgehead atoms. The first-order valence-corrected chi connectivity index (χ1v) is 12.4. The molecule has 2 unspecified atom stereocenters. The van der Waals surface area contributed by atoms with E-state index < -0.39 is 29.9 Å². The van der Waals surface area contributed by atoms with Crippen molar-refractivity contribution in [3.05, 3.63) is 108 Å². The van der Waals surface area contributed by atoms with Gasteiger partial charge in [-0.05, 0) is 29.7 Å². The van der Waals surface area contributed by atoms with Gasteiger partial charge in [0.2, 0.25) is 0 Å². The summed E-state index contributed by atoms with van der Waals surface area (Å²) >= 11 is 0. The molecule has 4 aromatic rings. The van der Waals surface area contributed by atoms with E-state index in [2.05, 4.69) is 4.98 Å². The molecule has 38 heavy (non-hydrogen) atoms. The van der Waals surface area contributed by atoms with E-state index in [4.69, 9.17) is 9.47 Å². The summed E-state index contributed by atoms with van der Waals surface area (Å²) in [6, 6.07) is 26.1. The molecule has 1 heterocycles. The van der Waals surface area contributed by atoms with Gasteiger partial charge in [-0.15, -0.1) is 0 Å². The number of amides is 1. The Morgan fingerprint density at radius 1 is 0.868 bits per heavy atom. The average molecular weight is 515 g/mol. The first-order valence-electron chi connectivity index (χ1n) is 12.4. The Bertz CT molecular complexity index is 1370. The van der Waals surface area contributed by atoms with Gasteiger partial charge in [0.15, 0.2) is 5.92 Å². The number of carboxylic acid groups (broad SMARTS) is 1. The SMILES string of the molecule is CCOC(=O)C(C(=O)O)C(CN(Cc1ccccc1)C(=O)OCc1ccccc1)c1c[nH]c2ccccc12. The zero-order valence-electron chi connectivity index (χ0n) is 21.1. The molecule has 8 nitrogen and oxygen atoms in total. The first-order chi connectivity index (χ1) is 18.5. The molecule has 0 aliphatic carbocycles. The van der Waals surface area contributed by atoms with E-state index in [1.807, 2.05) is 84.9 Å². The number of carboxylic acids is 1. The second kappa shape index (κ2) is 12.6. The molecule has 0 spiro atoms. The molecule has 196 valence electrons. The fourth-order valence-corrected chi connectivity index (χ4v) is 4.51. The van der Waals surface area contributed by atoms with E-state index in [9.17, 15) is 19.5 Å². The van der Waals surface area contributed by atoms with E-state index >= 15 is 0 Å². The van der Waals surface area contributed by atoms with Crippen LogP contribution < -0.4 is 0 Å². The monoisotopic (exact) mass is 514 g/mol. The summed E-state index contributed by atoms with van der Waals surface area (Å²) in [6.07, 6.45) is 1.08. The van der Waals surface area contributed by atoms with E-state index in [1.54, 1.807) is 13.1 Å². The van der Waals surface area contributed by atoms with Crippen LogP contribution in [0.2, 0.25) is 0 Å². The maximum absolute atomic E-state index is 13.4. The predicted octanol–water partition coefficient (Wildman–Crippen LogP) is 5.35. The normalized spacial score (nSPS) is 12.4. The van der Waals surface area contributed by atoms with Crippen LogP contribution in [0.5, 0.6) is 0 Å². The Balaban J connectivity index is 1.71. The Labute approximate surface area is 220 Å². The number of rotatable bonds is 11. The molecule has 8 heteroatoms. The lowest BCUT2D eigenvalue weighted by atomic mass is 9.85. The number of H-pyrrole nitrogens is 1. The van der Waals surface area contributed by atoms with Crippen molar-refractivity contribution in [2.75, 3.05) is 13.2 Å². The van der Waals surface area contributed by atoms with E-state index in [-0.39, 0.29) is 26.3 Å². The number of aromatic amines is 1. The van der Waals surface area contributed by atoms with Gasteiger partial charge in [-0.25, -0.2) is 4.79 Å². The molecule has 0 aliphatic rings. The van der Waals surface area contributed by atoms with Gasteiger partial charge < -0.3 is 24.5 Å². The molecule has 0 saturated heterocycles. The molecule has 4 rings (SSSR count). The summed E-state index contributed by atoms with van der Waals surface area (Å²) in [7, 11) is 0. The van der Waals surface area contributed by atoms with E-state index in [1.165, 1.54) is 4.90 Å². The number of hydrogen-bond donors (Lipinski definition) is 2. The van der Waals surface area contributed by atoms with Gasteiger partial charge in [-0.3, -0.25) is 9.59 Å². The summed E-state index contributed by atoms with van der Waals surface area (Å²) in [5.41, 5.74) is 3.06. The highest BCUT2D eigenvalue weighted by atomic mass is 16.6. The molecule has 3 aromatic carbocycles. The second-order valence-corrected chi connectivity index (χ2v) is 8.87. The maximum Gasteiger partial charge on any atom is 0.410 e. The molecule has 1 aromatic heterocycles. The number of carbonyl (C=O) groups is 3. The second-order valence-electron chi connectivity index (χ2n) is 8.87. The van der Waals surface area contributed by atoms with Gasteiger partial charge in [0.25, 0.3) is 0 Å². The van der Waals surface area contributed by atoms with Crippen molar-refractivity contribution in [1.29, 1.82) is 0 Å². The number of nitrogens with zero attached hydrogens (tertiary/aromatic N) is 1. The van der Waals surface area contributed by atoms with Gasteiger partial charge >= 0.3 is 18.0 Å². The summed E-state index contributed by atoms with van der Waals surface area (Å²) in [5, 5.41) is 10.9. The lowest BCUT2D eigenvalue weighted by Crippen LogP contribution is -2.41. The van der Waals surface area contributed by atoms with E-state index in [0.717, 1.165) is 22.0 Å². The molecule has 0 saturated carbocycles. The minimum Gasteiger partial charge on any atom is -0.481 e. The quantitative estimate of drug-likeness (QED) is 0.206. The Kier molecular flexibility index (Phi) is 8.77. The highest BCUT2D eigenvalue weighted by Gasteiger charge is 2.40. The van der Waals surface area contributed by atoms with Crippen molar-refractivity contribution >= 4 is 28.9 Å². The third-order valence-electron chi connectivity index (χ3n) is 6.33. The van der Waals surface area contributed by atoms with Crippen LogP contribution in [0.1, 0.15) is 29.5 Å². The molecule has 2 N–H and O–H groups in total. The van der Waals surface area contributed by atoms with Crippen LogP contribution in [0, 0.1) is 5.92 Å². The van der Waals surface area contributed by atoms with Crippen molar-refractivity contribution in [3.8, 4) is 0 Å². The Morgan fingerprint density at radius 3 is 2.16 bits per heavy atom. The highest BCUT2D eigenvalue weighted by Crippen LogP contribution is 2.34. The van der Waals surface area contributed by atoms with Crippen LogP contribution in [-0.4, -0.2) is 46.2 Å². The van der Waals surface area contributed by atoms with Crippen molar-refractivity contribution in [1.82, 2.24) is 9.88 Å². The molecule has 0 aliphatic heterocycles. The number of carbonyl (C=O) groups excluding carboxylic acids is 2. The van der Waals surface area contributed by atoms with Crippen LogP contribution in [0.15, 0.2) is 91.1 Å². The smallest absolute Gasteiger partial charge is 0.410 e. The molecule has 2 atom stereocenters. The molecule has 1 amide bonds. The highest BCUT2D eigenvalue weighted by molar-refractivity contribution is 5.96. The summed E-state index contributed by atoms with van der Waals surface area (Å²) in [6.45, 7) is 1.81. The number of ether oxygens (including phenoxy) is 2. The summed E-state index contributed by atoms with van der Waals surface area (Å²) in [4.78, 5) is 43.4. The maximum atomic E-state index is 13.4. The van der Waals surface area contributed by atoms with Gasteiger partial charge in [0.1, 0.15) is 6.61 Å². The van der Waals surface area contributed by atoms with Gasteiger partial charge in [-0.1, -0.05) is 78.9 Å². The minimum absolute atomic E-state index is 0.0378. The molecule has 0 radical (unpaired) electrons. The number of hydrogen-bond acceptors (Lipinski definition) is 5. The zero-order chi connectivity index (χ0) is 26.9. The summed E-state index contributed by atoms with van der Waals surface area (Å²) < 4.78 is 10.8. The number of benzene rings is 3. The molecular weight excluding hydrogens is 484 g/mol. The lowest BCUT2D eigenvalue weighted by molar-refractivity contribution is -0.159. The Morgan fingerprint density at radius 2 is 1.50 bits per heavy atom. The van der Waals surface area contributed by atoms with Gasteiger partial charge in [0.05, 0.1) is 6.61 Å². The van der Waals surface area contributed by atoms with Crippen LogP contribution in [0.4, 0.5) is 4.79 Å². The fraction of sp³-hybridized carbons (Fsp3) is 0.233. The third kappa shape index (κ3) is 6.39. The van der Waals surface area contributed by atoms with Crippen molar-refractivity contribution in [3.63, 3.8) is 0 Å². The number of aromatic nitrogens is 1. The average Bonchev–Trinajstić information content (AvgIpc) is 3.36. The molecular formula is C30H30N2O6. The lowest BCUT2D eigenvalue weighted by Gasteiger charge is -2.30. The Hall–Kier alpha value is -4.59. The fourth-order valence-electron chi connectivity index (χ4n) is 4.51. The molecule has 0 fully saturated rings. The van der Waals surface area contributed by atoms with Crippen LogP contribution in [0.25, 0.3) is 10.9 Å². The number of fused-ring (bicyclic) bond motifs is 1. The van der Waals surface area contributed by atoms with Crippen LogP contribution in [0.3, 0.4) is 0 Å². The standard InChI is InChI=1S/C30H30N2O6/c1-2-37-29(35)27(28(33)34)25(24-17-31-26-16-10-9-15-23(24)26)19-32(18-21-11-5-3-6-12-21)30(36)38-20-22-13-7-4-8-14-22/h3-17,25,27,31H,2,18-20H2,1H3,(H,33,34). The van der Waals surface area contributed by atoms with Gasteiger partial charge in [-0.2, -0.15) is 0 Å². The van der Waals surface area contributed by atoms with Crippen molar-refractivity contribution < 1.29 is 29.0 Å². The van der Waals surface area contributed by atoms with Gasteiger partial charge in [0, 0.05) is 36.1 Å². The number of nitrogens with one attached hydrogen (secondary N) is 1. The number of para-hydroxylation sites is 1. The minimum atomic E-state index is -1.53. The predicted molar refractivity (Wildman–Crippen MR) is 142 cm³/mol. The zero-order valence-corrected chi connectivity index (χ0v) is 21.1. The van der Waals surface area contributed by atoms with Crippen molar-refractivity contribution in [2.24, 2.45) is 5.92 Å². The first kappa shape index (κ1) is 26.5. The van der Waals surface area contributed by atoms with Crippen LogP contribution >= 0.6 is 0 Å². The third-order valence-corrected chi connectivity index (χ3v) is 6.33. The largest absolute Gasteiger partial charge is 0.481 e. The topological polar surface area (TPSA) is 109 Å². The van der Waals surface area contributed by atoms with Crippen molar-refractivity contribution in [2.45, 2.75) is 26.0 Å². The summed E-state index contributed by atoms with van der Waals surface area (Å²) in [5.74, 6) is -4.62. The number of aliphatic carboxylic acids is 1. The van der Waals surface area contributed by atoms with Crippen LogP contribution in [-0.2, 0) is 32.2 Å².